The van der Waals surface area contributed by atoms with Crippen LogP contribution < -0.4 is 0 Å². The van der Waals surface area contributed by atoms with E-state index in [0.29, 0.717) is 11.7 Å². The largest absolute Gasteiger partial charge is 0.342 e. The second kappa shape index (κ2) is 5.87. The molecule has 2 rings (SSSR count). The Hall–Kier alpha value is -1.55. The Kier molecular flexibility index (Phi) is 4.20. The summed E-state index contributed by atoms with van der Waals surface area (Å²) >= 11 is 1.78. The summed E-state index contributed by atoms with van der Waals surface area (Å²) < 4.78 is 4.69. The fraction of sp³-hybridized carbons (Fsp3) is 0.286. The van der Waals surface area contributed by atoms with Crippen molar-refractivity contribution in [1.82, 2.24) is 10.1 Å². The molecular formula is C14H16N2OS. The highest BCUT2D eigenvalue weighted by Crippen LogP contribution is 2.28. The number of rotatable bonds is 4. The van der Waals surface area contributed by atoms with Crippen molar-refractivity contribution in [1.29, 1.82) is 0 Å². The Morgan fingerprint density at radius 2 is 2.11 bits per heavy atom. The van der Waals surface area contributed by atoms with Crippen molar-refractivity contribution in [2.45, 2.75) is 24.7 Å². The number of hydrogen-bond donors (Lipinski definition) is 0. The van der Waals surface area contributed by atoms with Crippen molar-refractivity contribution < 1.29 is 4.52 Å². The molecule has 0 atom stereocenters. The first-order chi connectivity index (χ1) is 8.70. The zero-order valence-electron chi connectivity index (χ0n) is 10.8. The van der Waals surface area contributed by atoms with E-state index in [0.717, 1.165) is 5.56 Å². The third-order valence-electron chi connectivity index (χ3n) is 2.68. The summed E-state index contributed by atoms with van der Waals surface area (Å²) in [6.45, 7) is 4.42. The molecule has 0 aliphatic rings. The molecule has 4 heteroatoms. The molecule has 1 aromatic carbocycles. The Morgan fingerprint density at radius 3 is 2.72 bits per heavy atom. The van der Waals surface area contributed by atoms with Gasteiger partial charge in [-0.1, -0.05) is 37.2 Å². The standard InChI is InChI=1S/C14H16N2OS/c1-10(2)12-8-11(4-6-13(12)18-3)5-7-14-15-9-17-16-14/h4-10H,1-3H3. The number of nitrogens with zero attached hydrogens (tertiary/aromatic N) is 2. The summed E-state index contributed by atoms with van der Waals surface area (Å²) in [7, 11) is 0. The van der Waals surface area contributed by atoms with E-state index in [4.69, 9.17) is 0 Å². The number of aromatic nitrogens is 2. The molecule has 1 aromatic heterocycles. The van der Waals surface area contributed by atoms with Gasteiger partial charge in [0, 0.05) is 4.90 Å². The average molecular weight is 260 g/mol. The maximum absolute atomic E-state index is 4.69. The molecule has 0 fully saturated rings. The number of thioether (sulfide) groups is 1. The van der Waals surface area contributed by atoms with E-state index in [2.05, 4.69) is 53.0 Å². The third kappa shape index (κ3) is 3.01. The van der Waals surface area contributed by atoms with Crippen LogP contribution in [0.1, 0.15) is 36.7 Å². The van der Waals surface area contributed by atoms with Gasteiger partial charge in [0.15, 0.2) is 5.82 Å². The van der Waals surface area contributed by atoms with E-state index in [1.165, 1.54) is 16.9 Å². The average Bonchev–Trinajstić information content (AvgIpc) is 2.89. The minimum Gasteiger partial charge on any atom is -0.342 e. The predicted molar refractivity (Wildman–Crippen MR) is 75.5 cm³/mol. The normalized spacial score (nSPS) is 11.6. The Bertz CT molecular complexity index is 533. The topological polar surface area (TPSA) is 38.9 Å². The fourth-order valence-electron chi connectivity index (χ4n) is 1.73. The molecule has 0 aliphatic carbocycles. The molecule has 1 heterocycles. The predicted octanol–water partition coefficient (Wildman–Crippen LogP) is 4.09. The quantitative estimate of drug-likeness (QED) is 0.776. The molecule has 3 nitrogen and oxygen atoms in total. The Balaban J connectivity index is 2.27. The second-order valence-electron chi connectivity index (χ2n) is 4.28. The molecule has 0 aliphatic heterocycles. The van der Waals surface area contributed by atoms with Gasteiger partial charge in [-0.05, 0) is 35.4 Å². The molecule has 0 N–H and O–H groups in total. The van der Waals surface area contributed by atoms with Gasteiger partial charge >= 0.3 is 0 Å². The molecule has 2 aromatic rings. The van der Waals surface area contributed by atoms with Crippen LogP contribution in [0, 0.1) is 0 Å². The van der Waals surface area contributed by atoms with Crippen molar-refractivity contribution in [3.63, 3.8) is 0 Å². The lowest BCUT2D eigenvalue weighted by atomic mass is 10.0. The van der Waals surface area contributed by atoms with E-state index in [1.54, 1.807) is 11.8 Å². The van der Waals surface area contributed by atoms with E-state index >= 15 is 0 Å². The van der Waals surface area contributed by atoms with Crippen LogP contribution in [0.15, 0.2) is 34.0 Å². The lowest BCUT2D eigenvalue weighted by Crippen LogP contribution is -1.91. The van der Waals surface area contributed by atoms with Crippen molar-refractivity contribution in [3.05, 3.63) is 41.5 Å². The van der Waals surface area contributed by atoms with Crippen LogP contribution in [0.5, 0.6) is 0 Å². The highest BCUT2D eigenvalue weighted by atomic mass is 32.2. The lowest BCUT2D eigenvalue weighted by Gasteiger charge is -2.11. The van der Waals surface area contributed by atoms with E-state index in [9.17, 15) is 0 Å². The minimum absolute atomic E-state index is 0.519. The number of benzene rings is 1. The van der Waals surface area contributed by atoms with E-state index < -0.39 is 0 Å². The second-order valence-corrected chi connectivity index (χ2v) is 5.13. The van der Waals surface area contributed by atoms with Gasteiger partial charge in [-0.3, -0.25) is 0 Å². The zero-order chi connectivity index (χ0) is 13.0. The van der Waals surface area contributed by atoms with Gasteiger partial charge < -0.3 is 4.52 Å². The van der Waals surface area contributed by atoms with Crippen LogP contribution in [0.25, 0.3) is 12.2 Å². The monoisotopic (exact) mass is 260 g/mol. The Labute approximate surface area is 111 Å². The van der Waals surface area contributed by atoms with Gasteiger partial charge in [0.25, 0.3) is 0 Å². The first-order valence-electron chi connectivity index (χ1n) is 5.83. The van der Waals surface area contributed by atoms with Crippen LogP contribution in [0.2, 0.25) is 0 Å². The SMILES string of the molecule is CSc1ccc(C=Cc2ncon2)cc1C(C)C. The minimum atomic E-state index is 0.519. The van der Waals surface area contributed by atoms with Crippen LogP contribution in [0.3, 0.4) is 0 Å². The molecule has 0 unspecified atom stereocenters. The summed E-state index contributed by atoms with van der Waals surface area (Å²) in [5.74, 6) is 1.11. The van der Waals surface area contributed by atoms with Gasteiger partial charge in [-0.2, -0.15) is 4.98 Å². The summed E-state index contributed by atoms with van der Waals surface area (Å²) in [4.78, 5) is 5.29. The van der Waals surface area contributed by atoms with Crippen LogP contribution in [-0.2, 0) is 0 Å². The van der Waals surface area contributed by atoms with Crippen molar-refractivity contribution in [3.8, 4) is 0 Å². The molecule has 18 heavy (non-hydrogen) atoms. The van der Waals surface area contributed by atoms with Crippen molar-refractivity contribution in [2.75, 3.05) is 6.26 Å². The van der Waals surface area contributed by atoms with Gasteiger partial charge in [-0.25, -0.2) is 0 Å². The molecule has 0 bridgehead atoms. The van der Waals surface area contributed by atoms with Gasteiger partial charge in [0.05, 0.1) is 0 Å². The van der Waals surface area contributed by atoms with Crippen molar-refractivity contribution >= 4 is 23.9 Å². The van der Waals surface area contributed by atoms with Crippen LogP contribution in [-0.4, -0.2) is 16.4 Å². The summed E-state index contributed by atoms with van der Waals surface area (Å²) in [5, 5.41) is 3.75. The molecule has 0 radical (unpaired) electrons. The molecule has 0 amide bonds. The number of hydrogen-bond acceptors (Lipinski definition) is 4. The third-order valence-corrected chi connectivity index (χ3v) is 3.49. The molecule has 0 saturated carbocycles. The molecular weight excluding hydrogens is 244 g/mol. The van der Waals surface area contributed by atoms with E-state index in [1.807, 2.05) is 12.2 Å². The molecule has 0 spiro atoms. The van der Waals surface area contributed by atoms with Crippen LogP contribution >= 0.6 is 11.8 Å². The fourth-order valence-corrected chi connectivity index (χ4v) is 2.47. The van der Waals surface area contributed by atoms with Crippen molar-refractivity contribution in [2.24, 2.45) is 0 Å². The van der Waals surface area contributed by atoms with Crippen LogP contribution in [0.4, 0.5) is 0 Å². The molecule has 94 valence electrons. The van der Waals surface area contributed by atoms with E-state index in [-0.39, 0.29) is 0 Å². The summed E-state index contributed by atoms with van der Waals surface area (Å²) in [6.07, 6.45) is 7.29. The first kappa shape index (κ1) is 12.9. The van der Waals surface area contributed by atoms with Gasteiger partial charge in [0.1, 0.15) is 0 Å². The lowest BCUT2D eigenvalue weighted by molar-refractivity contribution is 0.415. The molecule has 0 saturated heterocycles. The zero-order valence-corrected chi connectivity index (χ0v) is 11.6. The highest BCUT2D eigenvalue weighted by Gasteiger charge is 2.06. The smallest absolute Gasteiger partial charge is 0.214 e. The summed E-state index contributed by atoms with van der Waals surface area (Å²) in [5.41, 5.74) is 2.53. The highest BCUT2D eigenvalue weighted by molar-refractivity contribution is 7.98. The maximum Gasteiger partial charge on any atom is 0.214 e. The van der Waals surface area contributed by atoms with Gasteiger partial charge in [0.2, 0.25) is 6.39 Å². The maximum atomic E-state index is 4.69. The van der Waals surface area contributed by atoms with Gasteiger partial charge in [-0.15, -0.1) is 11.8 Å². The first-order valence-corrected chi connectivity index (χ1v) is 7.05. The summed E-state index contributed by atoms with van der Waals surface area (Å²) in [6, 6.07) is 6.48. The Morgan fingerprint density at radius 1 is 1.28 bits per heavy atom.